The van der Waals surface area contributed by atoms with Crippen molar-refractivity contribution in [1.82, 2.24) is 4.98 Å². The first kappa shape index (κ1) is 12.6. The molecular weight excluding hydrogens is 255 g/mol. The topological polar surface area (TPSA) is 34.1 Å². The van der Waals surface area contributed by atoms with Crippen LogP contribution >= 0.6 is 11.6 Å². The molecule has 0 bridgehead atoms. The van der Waals surface area contributed by atoms with Crippen LogP contribution < -0.4 is 10.1 Å². The highest BCUT2D eigenvalue weighted by atomic mass is 35.5. The summed E-state index contributed by atoms with van der Waals surface area (Å²) < 4.78 is 18.5. The number of rotatable bonds is 4. The van der Waals surface area contributed by atoms with Crippen LogP contribution in [0.3, 0.4) is 0 Å². The smallest absolute Gasteiger partial charge is 0.146 e. The lowest BCUT2D eigenvalue weighted by Gasteiger charge is -2.09. The lowest BCUT2D eigenvalue weighted by Crippen LogP contribution is -1.98. The molecule has 0 radical (unpaired) electrons. The Kier molecular flexibility index (Phi) is 3.99. The van der Waals surface area contributed by atoms with Gasteiger partial charge in [0, 0.05) is 18.8 Å². The van der Waals surface area contributed by atoms with E-state index in [1.807, 2.05) is 6.92 Å². The number of halogens is 2. The fourth-order valence-corrected chi connectivity index (χ4v) is 1.64. The third-order valence-electron chi connectivity index (χ3n) is 2.21. The lowest BCUT2D eigenvalue weighted by molar-refractivity contribution is 0.480. The van der Waals surface area contributed by atoms with Crippen LogP contribution in [-0.4, -0.2) is 11.5 Å². The molecule has 0 spiro atoms. The largest absolute Gasteiger partial charge is 0.456 e. The summed E-state index contributed by atoms with van der Waals surface area (Å²) in [5.74, 6) is 1.32. The van der Waals surface area contributed by atoms with E-state index in [1.165, 1.54) is 18.2 Å². The fraction of sp³-hybridized carbons (Fsp3) is 0.154. The van der Waals surface area contributed by atoms with Crippen LogP contribution in [-0.2, 0) is 0 Å². The Morgan fingerprint density at radius 3 is 2.89 bits per heavy atom. The van der Waals surface area contributed by atoms with Crippen LogP contribution in [0.15, 0.2) is 36.5 Å². The highest BCUT2D eigenvalue weighted by molar-refractivity contribution is 6.32. The third-order valence-corrected chi connectivity index (χ3v) is 2.51. The lowest BCUT2D eigenvalue weighted by atomic mass is 10.3. The quantitative estimate of drug-likeness (QED) is 0.905. The van der Waals surface area contributed by atoms with Gasteiger partial charge in [-0.2, -0.15) is 0 Å². The molecule has 0 saturated heterocycles. The Morgan fingerprint density at radius 2 is 2.17 bits per heavy atom. The zero-order chi connectivity index (χ0) is 13.0. The average molecular weight is 267 g/mol. The van der Waals surface area contributed by atoms with Gasteiger partial charge in [-0.15, -0.1) is 0 Å². The van der Waals surface area contributed by atoms with Gasteiger partial charge in [0.15, 0.2) is 0 Å². The molecule has 1 aromatic carbocycles. The minimum atomic E-state index is -0.393. The summed E-state index contributed by atoms with van der Waals surface area (Å²) in [7, 11) is 0. The molecule has 1 N–H and O–H groups in total. The molecular formula is C13H12ClFN2O. The van der Waals surface area contributed by atoms with E-state index in [9.17, 15) is 4.39 Å². The van der Waals surface area contributed by atoms with Crippen LogP contribution in [0.5, 0.6) is 11.5 Å². The van der Waals surface area contributed by atoms with E-state index in [1.54, 1.807) is 18.3 Å². The maximum absolute atomic E-state index is 12.9. The Hall–Kier alpha value is -1.81. The van der Waals surface area contributed by atoms with Crippen molar-refractivity contribution in [2.24, 2.45) is 0 Å². The van der Waals surface area contributed by atoms with Crippen molar-refractivity contribution in [3.63, 3.8) is 0 Å². The zero-order valence-electron chi connectivity index (χ0n) is 9.78. The van der Waals surface area contributed by atoms with E-state index < -0.39 is 5.82 Å². The van der Waals surface area contributed by atoms with Crippen molar-refractivity contribution in [3.05, 3.63) is 47.4 Å². The van der Waals surface area contributed by atoms with Gasteiger partial charge in [-0.3, -0.25) is 0 Å². The van der Waals surface area contributed by atoms with Crippen LogP contribution in [0.4, 0.5) is 10.2 Å². The number of hydrogen-bond donors (Lipinski definition) is 1. The molecule has 1 aromatic heterocycles. The molecule has 2 rings (SSSR count). The third kappa shape index (κ3) is 3.11. The first-order valence-electron chi connectivity index (χ1n) is 5.52. The zero-order valence-corrected chi connectivity index (χ0v) is 10.5. The molecule has 0 saturated carbocycles. The monoisotopic (exact) mass is 266 g/mol. The van der Waals surface area contributed by atoms with Gasteiger partial charge in [-0.1, -0.05) is 11.6 Å². The number of aromatic nitrogens is 1. The van der Waals surface area contributed by atoms with Crippen molar-refractivity contribution < 1.29 is 9.13 Å². The predicted octanol–water partition coefficient (Wildman–Crippen LogP) is 4.10. The van der Waals surface area contributed by atoms with Gasteiger partial charge in [-0.05, 0) is 31.2 Å². The summed E-state index contributed by atoms with van der Waals surface area (Å²) in [6.45, 7) is 2.75. The summed E-state index contributed by atoms with van der Waals surface area (Å²) in [6.07, 6.45) is 1.63. The molecule has 0 atom stereocenters. The normalized spacial score (nSPS) is 10.2. The first-order valence-corrected chi connectivity index (χ1v) is 5.89. The number of hydrogen-bond acceptors (Lipinski definition) is 3. The summed E-state index contributed by atoms with van der Waals surface area (Å²) in [5.41, 5.74) is 0. The SMILES string of the molecule is CCNc1cc(Oc2ccc(F)cc2Cl)ccn1. The Bertz CT molecular complexity index is 548. The second kappa shape index (κ2) is 5.69. The van der Waals surface area contributed by atoms with Crippen LogP contribution in [0.25, 0.3) is 0 Å². The molecule has 0 fully saturated rings. The van der Waals surface area contributed by atoms with Gasteiger partial charge in [0.2, 0.25) is 0 Å². The molecule has 0 aliphatic carbocycles. The van der Waals surface area contributed by atoms with Crippen LogP contribution in [0.1, 0.15) is 6.92 Å². The van der Waals surface area contributed by atoms with E-state index in [2.05, 4.69) is 10.3 Å². The van der Waals surface area contributed by atoms with Crippen molar-refractivity contribution in [1.29, 1.82) is 0 Å². The van der Waals surface area contributed by atoms with Crippen LogP contribution in [0.2, 0.25) is 5.02 Å². The second-order valence-electron chi connectivity index (χ2n) is 3.58. The molecule has 0 aliphatic heterocycles. The van der Waals surface area contributed by atoms with Gasteiger partial charge < -0.3 is 10.1 Å². The molecule has 0 aliphatic rings. The van der Waals surface area contributed by atoms with Crippen LogP contribution in [0, 0.1) is 5.82 Å². The summed E-state index contributed by atoms with van der Waals surface area (Å²) in [5, 5.41) is 3.31. The Labute approximate surface area is 110 Å². The molecule has 2 aromatic rings. The van der Waals surface area contributed by atoms with E-state index in [4.69, 9.17) is 16.3 Å². The van der Waals surface area contributed by atoms with Crippen molar-refractivity contribution >= 4 is 17.4 Å². The van der Waals surface area contributed by atoms with E-state index >= 15 is 0 Å². The highest BCUT2D eigenvalue weighted by Gasteiger charge is 2.05. The highest BCUT2D eigenvalue weighted by Crippen LogP contribution is 2.30. The minimum absolute atomic E-state index is 0.233. The number of nitrogens with one attached hydrogen (secondary N) is 1. The van der Waals surface area contributed by atoms with Crippen molar-refractivity contribution in [2.75, 3.05) is 11.9 Å². The standard InChI is InChI=1S/C13H12ClFN2O/c1-2-16-13-8-10(5-6-17-13)18-12-4-3-9(15)7-11(12)14/h3-8H,2H2,1H3,(H,16,17). The summed E-state index contributed by atoms with van der Waals surface area (Å²) in [4.78, 5) is 4.12. The molecule has 1 heterocycles. The fourth-order valence-electron chi connectivity index (χ4n) is 1.44. The molecule has 5 heteroatoms. The van der Waals surface area contributed by atoms with Crippen molar-refractivity contribution in [3.8, 4) is 11.5 Å². The average Bonchev–Trinajstić information content (AvgIpc) is 2.34. The number of ether oxygens (including phenoxy) is 1. The van der Waals surface area contributed by atoms with E-state index in [0.29, 0.717) is 17.3 Å². The molecule has 94 valence electrons. The molecule has 0 amide bonds. The van der Waals surface area contributed by atoms with E-state index in [-0.39, 0.29) is 5.02 Å². The van der Waals surface area contributed by atoms with Gasteiger partial charge in [0.05, 0.1) is 5.02 Å². The van der Waals surface area contributed by atoms with Gasteiger partial charge in [-0.25, -0.2) is 9.37 Å². The number of nitrogens with zero attached hydrogens (tertiary/aromatic N) is 1. The maximum atomic E-state index is 12.9. The summed E-state index contributed by atoms with van der Waals surface area (Å²) in [6, 6.07) is 7.46. The second-order valence-corrected chi connectivity index (χ2v) is 3.99. The number of pyridine rings is 1. The predicted molar refractivity (Wildman–Crippen MR) is 69.9 cm³/mol. The Morgan fingerprint density at radius 1 is 1.33 bits per heavy atom. The first-order chi connectivity index (χ1) is 8.69. The number of anilines is 1. The summed E-state index contributed by atoms with van der Waals surface area (Å²) >= 11 is 5.88. The van der Waals surface area contributed by atoms with Crippen molar-refractivity contribution in [2.45, 2.75) is 6.92 Å². The molecule has 3 nitrogen and oxygen atoms in total. The Balaban J connectivity index is 2.20. The van der Waals surface area contributed by atoms with Gasteiger partial charge in [0.25, 0.3) is 0 Å². The maximum Gasteiger partial charge on any atom is 0.146 e. The van der Waals surface area contributed by atoms with E-state index in [0.717, 1.165) is 6.54 Å². The number of benzene rings is 1. The van der Waals surface area contributed by atoms with Gasteiger partial charge >= 0.3 is 0 Å². The molecule has 0 unspecified atom stereocenters. The van der Waals surface area contributed by atoms with Gasteiger partial charge in [0.1, 0.15) is 23.1 Å². The minimum Gasteiger partial charge on any atom is -0.456 e. The molecule has 18 heavy (non-hydrogen) atoms.